The molecule has 2 aromatic rings. The van der Waals surface area contributed by atoms with Crippen LogP contribution in [0.5, 0.6) is 11.5 Å². The highest BCUT2D eigenvalue weighted by atomic mass is 35.5. The van der Waals surface area contributed by atoms with Crippen molar-refractivity contribution in [2.45, 2.75) is 6.92 Å². The quantitative estimate of drug-likeness (QED) is 0.589. The van der Waals surface area contributed by atoms with Crippen LogP contribution in [0.15, 0.2) is 24.3 Å². The standard InChI is InChI=1S/C20H18ClF4NO2/c1-12-11-13(4-5-15(12)21)28-20-18(24)16(22)14(17(23)19(20)25)3-2-6-26-7-9-27-10-8-26/h2-5,11H,6-10H2,1H3/p+1/b3-2+. The van der Waals surface area contributed by atoms with Crippen molar-refractivity contribution in [1.82, 2.24) is 0 Å². The number of hydrogen-bond acceptors (Lipinski definition) is 2. The van der Waals surface area contributed by atoms with Crippen LogP contribution < -0.4 is 9.64 Å². The number of rotatable bonds is 5. The summed E-state index contributed by atoms with van der Waals surface area (Å²) in [5.41, 5.74) is -0.187. The number of morpholine rings is 1. The third-order valence-corrected chi connectivity index (χ3v) is 4.92. The predicted molar refractivity (Wildman–Crippen MR) is 98.0 cm³/mol. The Morgan fingerprint density at radius 2 is 1.71 bits per heavy atom. The summed E-state index contributed by atoms with van der Waals surface area (Å²) >= 11 is 5.88. The summed E-state index contributed by atoms with van der Waals surface area (Å²) in [5, 5.41) is 0.425. The fourth-order valence-electron chi connectivity index (χ4n) is 2.87. The Labute approximate surface area is 165 Å². The molecule has 0 bridgehead atoms. The van der Waals surface area contributed by atoms with Gasteiger partial charge in [0.15, 0.2) is 11.6 Å². The maximum atomic E-state index is 14.4. The number of nitrogens with one attached hydrogen (secondary N) is 1. The summed E-state index contributed by atoms with van der Waals surface area (Å²) in [6, 6.07) is 4.22. The van der Waals surface area contributed by atoms with E-state index in [1.165, 1.54) is 24.3 Å². The van der Waals surface area contributed by atoms with Crippen molar-refractivity contribution < 1.29 is 31.9 Å². The molecule has 1 aliphatic rings. The van der Waals surface area contributed by atoms with Gasteiger partial charge in [-0.05, 0) is 42.8 Å². The summed E-state index contributed by atoms with van der Waals surface area (Å²) in [4.78, 5) is 1.15. The Hall–Kier alpha value is -2.09. The van der Waals surface area contributed by atoms with Gasteiger partial charge in [-0.15, -0.1) is 0 Å². The average molecular weight is 417 g/mol. The summed E-state index contributed by atoms with van der Waals surface area (Å²) in [5.74, 6) is -7.32. The highest BCUT2D eigenvalue weighted by molar-refractivity contribution is 6.31. The Balaban J connectivity index is 1.85. The molecule has 1 saturated heterocycles. The number of ether oxygens (including phenoxy) is 2. The van der Waals surface area contributed by atoms with E-state index in [0.717, 1.165) is 24.1 Å². The van der Waals surface area contributed by atoms with Crippen LogP contribution in [0.1, 0.15) is 11.1 Å². The van der Waals surface area contributed by atoms with Gasteiger partial charge in [-0.3, -0.25) is 0 Å². The molecule has 150 valence electrons. The third-order valence-electron chi connectivity index (χ3n) is 4.50. The second kappa shape index (κ2) is 8.94. The summed E-state index contributed by atoms with van der Waals surface area (Å²) in [6.45, 7) is 4.84. The van der Waals surface area contributed by atoms with E-state index in [0.29, 0.717) is 30.3 Å². The zero-order valence-electron chi connectivity index (χ0n) is 15.1. The van der Waals surface area contributed by atoms with E-state index in [1.54, 1.807) is 6.92 Å². The lowest BCUT2D eigenvalue weighted by Gasteiger charge is -2.22. The van der Waals surface area contributed by atoms with Gasteiger partial charge < -0.3 is 14.4 Å². The SMILES string of the molecule is Cc1cc(Oc2c(F)c(F)c(/C=C/C[NH+]3CCOCC3)c(F)c2F)ccc1Cl. The molecule has 0 aromatic heterocycles. The first-order valence-electron chi connectivity index (χ1n) is 8.76. The topological polar surface area (TPSA) is 22.9 Å². The lowest BCUT2D eigenvalue weighted by atomic mass is 10.1. The van der Waals surface area contributed by atoms with Crippen LogP contribution in [0.2, 0.25) is 5.02 Å². The molecule has 0 unspecified atom stereocenters. The Morgan fingerprint density at radius 1 is 1.07 bits per heavy atom. The van der Waals surface area contributed by atoms with Crippen LogP contribution in [0.3, 0.4) is 0 Å². The molecular weight excluding hydrogens is 398 g/mol. The van der Waals surface area contributed by atoms with E-state index in [-0.39, 0.29) is 5.75 Å². The van der Waals surface area contributed by atoms with E-state index in [2.05, 4.69) is 0 Å². The summed E-state index contributed by atoms with van der Waals surface area (Å²) in [7, 11) is 0. The van der Waals surface area contributed by atoms with Gasteiger partial charge >= 0.3 is 0 Å². The molecule has 2 aromatic carbocycles. The lowest BCUT2D eigenvalue weighted by Crippen LogP contribution is -3.13. The normalized spacial score (nSPS) is 15.4. The highest BCUT2D eigenvalue weighted by Gasteiger charge is 2.26. The molecule has 8 heteroatoms. The van der Waals surface area contributed by atoms with Crippen molar-refractivity contribution in [3.05, 3.63) is 63.7 Å². The minimum absolute atomic E-state index is 0.0118. The molecule has 1 heterocycles. The average Bonchev–Trinajstić information content (AvgIpc) is 2.70. The van der Waals surface area contributed by atoms with Crippen molar-refractivity contribution in [1.29, 1.82) is 0 Å². The first-order valence-corrected chi connectivity index (χ1v) is 9.14. The molecule has 0 spiro atoms. The lowest BCUT2D eigenvalue weighted by molar-refractivity contribution is -0.902. The van der Waals surface area contributed by atoms with Crippen molar-refractivity contribution in [2.24, 2.45) is 0 Å². The van der Waals surface area contributed by atoms with Crippen LogP contribution >= 0.6 is 11.6 Å². The first kappa shape index (κ1) is 20.6. The zero-order chi connectivity index (χ0) is 20.3. The van der Waals surface area contributed by atoms with E-state index in [1.807, 2.05) is 0 Å². The molecule has 1 aliphatic heterocycles. The highest BCUT2D eigenvalue weighted by Crippen LogP contribution is 2.34. The summed E-state index contributed by atoms with van der Waals surface area (Å²) < 4.78 is 67.7. The van der Waals surface area contributed by atoms with E-state index in [9.17, 15) is 17.6 Å². The minimum atomic E-state index is -1.59. The molecule has 28 heavy (non-hydrogen) atoms. The fraction of sp³-hybridized carbons (Fsp3) is 0.300. The van der Waals surface area contributed by atoms with Crippen molar-refractivity contribution in [2.75, 3.05) is 32.8 Å². The number of aryl methyl sites for hydroxylation is 1. The summed E-state index contributed by atoms with van der Waals surface area (Å²) in [6.07, 6.45) is 2.54. The maximum Gasteiger partial charge on any atom is 0.205 e. The number of halogens is 5. The van der Waals surface area contributed by atoms with E-state index < -0.39 is 34.6 Å². The smallest absolute Gasteiger partial charge is 0.205 e. The molecule has 3 rings (SSSR count). The molecule has 1 fully saturated rings. The monoisotopic (exact) mass is 416 g/mol. The maximum absolute atomic E-state index is 14.4. The van der Waals surface area contributed by atoms with Crippen LogP contribution in [0.25, 0.3) is 6.08 Å². The molecule has 0 atom stereocenters. The van der Waals surface area contributed by atoms with Gasteiger partial charge in [-0.2, -0.15) is 8.78 Å². The molecule has 0 radical (unpaired) electrons. The predicted octanol–water partition coefficient (Wildman–Crippen LogP) is 3.93. The number of benzene rings is 2. The fourth-order valence-corrected chi connectivity index (χ4v) is 2.99. The molecular formula is C20H19ClF4NO2+. The first-order chi connectivity index (χ1) is 13.4. The Kier molecular flexibility index (Phi) is 6.59. The third kappa shape index (κ3) is 4.48. The van der Waals surface area contributed by atoms with Gasteiger partial charge in [0.1, 0.15) is 18.8 Å². The van der Waals surface area contributed by atoms with Gasteiger partial charge in [-0.1, -0.05) is 11.6 Å². The van der Waals surface area contributed by atoms with Gasteiger partial charge in [0, 0.05) is 5.02 Å². The van der Waals surface area contributed by atoms with Crippen molar-refractivity contribution in [3.63, 3.8) is 0 Å². The van der Waals surface area contributed by atoms with Gasteiger partial charge in [0.2, 0.25) is 17.4 Å². The van der Waals surface area contributed by atoms with Gasteiger partial charge in [0.25, 0.3) is 0 Å². The van der Waals surface area contributed by atoms with Crippen LogP contribution in [0, 0.1) is 30.2 Å². The van der Waals surface area contributed by atoms with E-state index >= 15 is 0 Å². The Morgan fingerprint density at radius 3 is 2.32 bits per heavy atom. The van der Waals surface area contributed by atoms with Crippen LogP contribution in [-0.2, 0) is 4.74 Å². The molecule has 0 saturated carbocycles. The van der Waals surface area contributed by atoms with Gasteiger partial charge in [0.05, 0.1) is 25.3 Å². The largest absolute Gasteiger partial charge is 0.451 e. The van der Waals surface area contributed by atoms with Crippen LogP contribution in [0.4, 0.5) is 17.6 Å². The molecule has 1 N–H and O–H groups in total. The molecule has 3 nitrogen and oxygen atoms in total. The molecule has 0 amide bonds. The van der Waals surface area contributed by atoms with Gasteiger partial charge in [-0.25, -0.2) is 8.78 Å². The van der Waals surface area contributed by atoms with Crippen LogP contribution in [-0.4, -0.2) is 32.8 Å². The minimum Gasteiger partial charge on any atom is -0.451 e. The molecule has 0 aliphatic carbocycles. The number of quaternary nitrogens is 1. The second-order valence-corrected chi connectivity index (χ2v) is 6.89. The van der Waals surface area contributed by atoms with E-state index in [4.69, 9.17) is 21.1 Å². The number of hydrogen-bond donors (Lipinski definition) is 1. The Bertz CT molecular complexity index is 869. The zero-order valence-corrected chi connectivity index (χ0v) is 15.9. The second-order valence-electron chi connectivity index (χ2n) is 6.48. The van der Waals surface area contributed by atoms with Crippen molar-refractivity contribution >= 4 is 17.7 Å². The van der Waals surface area contributed by atoms with Crippen molar-refractivity contribution in [3.8, 4) is 11.5 Å².